The Bertz CT molecular complexity index is 220. The molecule has 2 aliphatic carbocycles. The first-order valence-corrected chi connectivity index (χ1v) is 5.73. The van der Waals surface area contributed by atoms with E-state index in [-0.39, 0.29) is 0 Å². The fourth-order valence-corrected chi connectivity index (χ4v) is 2.66. The van der Waals surface area contributed by atoms with E-state index in [2.05, 4.69) is 0 Å². The lowest BCUT2D eigenvalue weighted by atomic mass is 10.1. The molecule has 1 atom stereocenters. The molecule has 2 heteroatoms. The van der Waals surface area contributed by atoms with Gasteiger partial charge in [-0.2, -0.15) is 0 Å². The summed E-state index contributed by atoms with van der Waals surface area (Å²) in [5.74, 6) is 0. The Kier molecular flexibility index (Phi) is 3.60. The molecular weight excluding hydrogens is 176 g/mol. The topological polar surface area (TPSA) is 18.5 Å². The molecule has 14 heavy (non-hydrogen) atoms. The Morgan fingerprint density at radius 3 is 2.86 bits per heavy atom. The maximum atomic E-state index is 5.70. The summed E-state index contributed by atoms with van der Waals surface area (Å²) in [7, 11) is 1.69. The van der Waals surface area contributed by atoms with Crippen molar-refractivity contribution in [1.82, 2.24) is 0 Å². The second-order valence-corrected chi connectivity index (χ2v) is 4.29. The largest absolute Gasteiger partial charge is 0.359 e. The predicted octanol–water partition coefficient (Wildman–Crippen LogP) is 3.03. The maximum Gasteiger partial charge on any atom is 0.147 e. The molecule has 2 nitrogen and oxygen atoms in total. The summed E-state index contributed by atoms with van der Waals surface area (Å²) >= 11 is 0. The van der Waals surface area contributed by atoms with Crippen LogP contribution in [0.4, 0.5) is 0 Å². The number of ether oxygens (including phenoxy) is 2. The van der Waals surface area contributed by atoms with Crippen molar-refractivity contribution in [2.75, 3.05) is 13.9 Å². The summed E-state index contributed by atoms with van der Waals surface area (Å²) in [6.07, 6.45) is 9.55. The number of allylic oxidation sites excluding steroid dienone is 1. The fraction of sp³-hybridized carbons (Fsp3) is 0.833. The molecule has 0 aromatic heterocycles. The average Bonchev–Trinajstić information content (AvgIpc) is 2.45. The summed E-state index contributed by atoms with van der Waals surface area (Å²) in [5, 5.41) is 0. The molecule has 1 unspecified atom stereocenters. The van der Waals surface area contributed by atoms with Crippen molar-refractivity contribution in [3.8, 4) is 0 Å². The third kappa shape index (κ3) is 2.18. The zero-order chi connectivity index (χ0) is 9.80. The van der Waals surface area contributed by atoms with Crippen LogP contribution in [-0.4, -0.2) is 20.0 Å². The lowest BCUT2D eigenvalue weighted by Gasteiger charge is -2.15. The van der Waals surface area contributed by atoms with Gasteiger partial charge in [-0.25, -0.2) is 0 Å². The monoisotopic (exact) mass is 196 g/mol. The average molecular weight is 196 g/mol. The molecule has 2 aliphatic rings. The van der Waals surface area contributed by atoms with Gasteiger partial charge < -0.3 is 9.47 Å². The normalized spacial score (nSPS) is 27.6. The minimum atomic E-state index is 0.378. The standard InChI is InChI=1S/C12H20O2/c1-13-9-14-12-8-7-10-5-3-2-4-6-11(10)12/h12H,2-9H2,1H3. The molecule has 80 valence electrons. The van der Waals surface area contributed by atoms with Gasteiger partial charge in [0.2, 0.25) is 0 Å². The molecule has 0 aromatic carbocycles. The minimum Gasteiger partial charge on any atom is -0.359 e. The maximum absolute atomic E-state index is 5.70. The van der Waals surface area contributed by atoms with E-state index >= 15 is 0 Å². The van der Waals surface area contributed by atoms with Gasteiger partial charge in [-0.05, 0) is 44.1 Å². The Hall–Kier alpha value is -0.340. The Balaban J connectivity index is 1.96. The van der Waals surface area contributed by atoms with Gasteiger partial charge in [0.1, 0.15) is 6.79 Å². The smallest absolute Gasteiger partial charge is 0.147 e. The Morgan fingerprint density at radius 1 is 1.14 bits per heavy atom. The first kappa shape index (κ1) is 10.2. The first-order valence-electron chi connectivity index (χ1n) is 5.73. The van der Waals surface area contributed by atoms with E-state index in [1.54, 1.807) is 18.3 Å². The van der Waals surface area contributed by atoms with Gasteiger partial charge in [0.25, 0.3) is 0 Å². The van der Waals surface area contributed by atoms with Crippen LogP contribution in [0.25, 0.3) is 0 Å². The molecule has 0 saturated heterocycles. The molecule has 0 saturated carbocycles. The van der Waals surface area contributed by atoms with Gasteiger partial charge in [0.05, 0.1) is 6.10 Å². The van der Waals surface area contributed by atoms with E-state index in [0.29, 0.717) is 12.9 Å². The highest BCUT2D eigenvalue weighted by atomic mass is 16.7. The molecule has 0 spiro atoms. The highest BCUT2D eigenvalue weighted by molar-refractivity contribution is 5.25. The molecule has 0 aromatic rings. The van der Waals surface area contributed by atoms with Gasteiger partial charge >= 0.3 is 0 Å². The summed E-state index contributed by atoms with van der Waals surface area (Å²) < 4.78 is 10.7. The van der Waals surface area contributed by atoms with Crippen molar-refractivity contribution < 1.29 is 9.47 Å². The van der Waals surface area contributed by atoms with Crippen molar-refractivity contribution >= 4 is 0 Å². The highest BCUT2D eigenvalue weighted by Gasteiger charge is 2.26. The fourth-order valence-electron chi connectivity index (χ4n) is 2.66. The second-order valence-electron chi connectivity index (χ2n) is 4.29. The van der Waals surface area contributed by atoms with Gasteiger partial charge in [0.15, 0.2) is 0 Å². The third-order valence-corrected chi connectivity index (χ3v) is 3.36. The van der Waals surface area contributed by atoms with E-state index < -0.39 is 0 Å². The lowest BCUT2D eigenvalue weighted by molar-refractivity contribution is -0.0591. The third-order valence-electron chi connectivity index (χ3n) is 3.36. The second kappa shape index (κ2) is 4.94. The van der Waals surface area contributed by atoms with Crippen molar-refractivity contribution in [1.29, 1.82) is 0 Å². The molecule has 0 aliphatic heterocycles. The van der Waals surface area contributed by atoms with Crippen LogP contribution in [0, 0.1) is 0 Å². The zero-order valence-corrected chi connectivity index (χ0v) is 9.05. The van der Waals surface area contributed by atoms with Crippen LogP contribution in [0.2, 0.25) is 0 Å². The van der Waals surface area contributed by atoms with Crippen LogP contribution in [-0.2, 0) is 9.47 Å². The zero-order valence-electron chi connectivity index (χ0n) is 9.05. The number of rotatable bonds is 3. The molecule has 0 N–H and O–H groups in total. The number of hydrogen-bond donors (Lipinski definition) is 0. The van der Waals surface area contributed by atoms with Crippen LogP contribution in [0.5, 0.6) is 0 Å². The van der Waals surface area contributed by atoms with Crippen LogP contribution in [0.3, 0.4) is 0 Å². The quantitative estimate of drug-likeness (QED) is 0.510. The first-order chi connectivity index (χ1) is 6.92. The van der Waals surface area contributed by atoms with Crippen LogP contribution in [0.15, 0.2) is 11.1 Å². The van der Waals surface area contributed by atoms with Gasteiger partial charge in [-0.15, -0.1) is 0 Å². The van der Waals surface area contributed by atoms with Crippen molar-refractivity contribution in [3.63, 3.8) is 0 Å². The molecular formula is C12H20O2. The number of methoxy groups -OCH3 is 1. The van der Waals surface area contributed by atoms with E-state index in [1.807, 2.05) is 0 Å². The van der Waals surface area contributed by atoms with Crippen LogP contribution >= 0.6 is 0 Å². The van der Waals surface area contributed by atoms with E-state index in [1.165, 1.54) is 44.9 Å². The molecule has 0 radical (unpaired) electrons. The van der Waals surface area contributed by atoms with Crippen molar-refractivity contribution in [3.05, 3.63) is 11.1 Å². The summed E-state index contributed by atoms with van der Waals surface area (Å²) in [6, 6.07) is 0. The Labute approximate surface area is 86.3 Å². The van der Waals surface area contributed by atoms with Gasteiger partial charge in [0, 0.05) is 7.11 Å². The summed E-state index contributed by atoms with van der Waals surface area (Å²) in [5.41, 5.74) is 3.31. The Morgan fingerprint density at radius 2 is 2.00 bits per heavy atom. The van der Waals surface area contributed by atoms with E-state index in [9.17, 15) is 0 Å². The minimum absolute atomic E-state index is 0.378. The molecule has 2 rings (SSSR count). The van der Waals surface area contributed by atoms with E-state index in [4.69, 9.17) is 9.47 Å². The molecule has 0 bridgehead atoms. The van der Waals surface area contributed by atoms with Crippen molar-refractivity contribution in [2.45, 2.75) is 51.0 Å². The summed E-state index contributed by atoms with van der Waals surface area (Å²) in [6.45, 7) is 0.446. The molecule has 0 amide bonds. The van der Waals surface area contributed by atoms with Crippen molar-refractivity contribution in [2.24, 2.45) is 0 Å². The number of hydrogen-bond acceptors (Lipinski definition) is 2. The summed E-state index contributed by atoms with van der Waals surface area (Å²) in [4.78, 5) is 0. The van der Waals surface area contributed by atoms with E-state index in [0.717, 1.165) is 0 Å². The predicted molar refractivity (Wildman–Crippen MR) is 56.1 cm³/mol. The highest BCUT2D eigenvalue weighted by Crippen LogP contribution is 2.37. The van der Waals surface area contributed by atoms with Crippen LogP contribution < -0.4 is 0 Å². The lowest BCUT2D eigenvalue weighted by Crippen LogP contribution is -2.13. The van der Waals surface area contributed by atoms with Crippen LogP contribution in [0.1, 0.15) is 44.9 Å². The van der Waals surface area contributed by atoms with Gasteiger partial charge in [-0.3, -0.25) is 0 Å². The SMILES string of the molecule is COCOC1CCC2=C1CCCCC2. The van der Waals surface area contributed by atoms with Gasteiger partial charge in [-0.1, -0.05) is 12.0 Å². The molecule has 0 fully saturated rings. The molecule has 0 heterocycles.